The molecule has 5 unspecified atom stereocenters. The first-order chi connectivity index (χ1) is 13.1. The number of aliphatic hydroxyl groups is 5. The monoisotopic (exact) mass is 402 g/mol. The van der Waals surface area contributed by atoms with Crippen LogP contribution in [0.1, 0.15) is 26.2 Å². The second-order valence-electron chi connectivity index (χ2n) is 7.69. The molecule has 11 heteroatoms. The van der Waals surface area contributed by atoms with Gasteiger partial charge in [0, 0.05) is 26.1 Å². The van der Waals surface area contributed by atoms with Gasteiger partial charge in [-0.3, -0.25) is 14.5 Å². The molecule has 158 valence electrons. The predicted octanol–water partition coefficient (Wildman–Crippen LogP) is -2.83. The zero-order valence-electron chi connectivity index (χ0n) is 15.5. The molecule has 6 atom stereocenters. The number of piperidine rings is 1. The summed E-state index contributed by atoms with van der Waals surface area (Å²) in [7, 11) is 0. The van der Waals surface area contributed by atoms with Crippen LogP contribution in [0.3, 0.4) is 0 Å². The van der Waals surface area contributed by atoms with Crippen LogP contribution >= 0.6 is 0 Å². The van der Waals surface area contributed by atoms with E-state index in [9.17, 15) is 39.9 Å². The fourth-order valence-electron chi connectivity index (χ4n) is 4.22. The van der Waals surface area contributed by atoms with E-state index in [1.165, 1.54) is 9.80 Å². The Hall–Kier alpha value is -1.79. The number of ether oxygens (including phenoxy) is 1. The van der Waals surface area contributed by atoms with Gasteiger partial charge in [-0.25, -0.2) is 4.79 Å². The largest absolute Gasteiger partial charge is 0.440 e. The zero-order chi connectivity index (χ0) is 20.8. The molecule has 0 bridgehead atoms. The van der Waals surface area contributed by atoms with E-state index < -0.39 is 48.1 Å². The summed E-state index contributed by atoms with van der Waals surface area (Å²) >= 11 is 0. The first-order valence-corrected chi connectivity index (χ1v) is 9.33. The van der Waals surface area contributed by atoms with E-state index in [-0.39, 0.29) is 44.2 Å². The standard InChI is InChI=1S/C17H26N2O9/c1-2-19-8(20)7-17(15(19)26)3-5-18(6-4-17)16(27)28-14-12(24)10(22)9(21)11(23)13(14)25/h9-14,21-25H,2-7H2,1H3/t9?,10-,11?,12?,13?,14?/m1/s1. The van der Waals surface area contributed by atoms with Crippen molar-refractivity contribution in [1.82, 2.24) is 9.80 Å². The molecule has 11 nitrogen and oxygen atoms in total. The van der Waals surface area contributed by atoms with E-state index in [0.29, 0.717) is 6.54 Å². The Labute approximate surface area is 161 Å². The lowest BCUT2D eigenvalue weighted by molar-refractivity contribution is -0.224. The van der Waals surface area contributed by atoms with Crippen molar-refractivity contribution in [2.24, 2.45) is 5.41 Å². The molecule has 3 fully saturated rings. The molecule has 1 saturated carbocycles. The minimum Gasteiger partial charge on any atom is -0.440 e. The molecule has 0 radical (unpaired) electrons. The molecule has 2 aliphatic heterocycles. The summed E-state index contributed by atoms with van der Waals surface area (Å²) in [5.74, 6) is -0.454. The van der Waals surface area contributed by atoms with E-state index in [1.807, 2.05) is 0 Å². The molecule has 3 aliphatic rings. The zero-order valence-corrected chi connectivity index (χ0v) is 15.5. The van der Waals surface area contributed by atoms with Gasteiger partial charge in [0.25, 0.3) is 0 Å². The highest BCUT2D eigenvalue weighted by molar-refractivity contribution is 6.06. The Balaban J connectivity index is 1.62. The van der Waals surface area contributed by atoms with Crippen molar-refractivity contribution in [3.8, 4) is 0 Å². The molecule has 0 aromatic heterocycles. The summed E-state index contributed by atoms with van der Waals surface area (Å²) in [6.07, 6.45) is -10.8. The maximum absolute atomic E-state index is 12.5. The van der Waals surface area contributed by atoms with Crippen molar-refractivity contribution in [2.45, 2.75) is 62.8 Å². The second kappa shape index (κ2) is 7.56. The van der Waals surface area contributed by atoms with E-state index in [2.05, 4.69) is 0 Å². The third-order valence-electron chi connectivity index (χ3n) is 6.09. The lowest BCUT2D eigenvalue weighted by atomic mass is 9.77. The van der Waals surface area contributed by atoms with Crippen molar-refractivity contribution >= 4 is 17.9 Å². The van der Waals surface area contributed by atoms with Gasteiger partial charge in [-0.1, -0.05) is 0 Å². The molecule has 5 N–H and O–H groups in total. The maximum Gasteiger partial charge on any atom is 0.410 e. The minimum atomic E-state index is -1.79. The first kappa shape index (κ1) is 20.9. The van der Waals surface area contributed by atoms with Crippen molar-refractivity contribution < 1.29 is 44.7 Å². The molecular formula is C17H26N2O9. The molecule has 1 spiro atoms. The highest BCUT2D eigenvalue weighted by Crippen LogP contribution is 2.42. The summed E-state index contributed by atoms with van der Waals surface area (Å²) in [5, 5.41) is 48.9. The molecular weight excluding hydrogens is 376 g/mol. The van der Waals surface area contributed by atoms with Crippen molar-refractivity contribution in [3.63, 3.8) is 0 Å². The van der Waals surface area contributed by atoms with E-state index in [0.717, 1.165) is 0 Å². The number of hydrogen-bond donors (Lipinski definition) is 5. The SMILES string of the molecule is CCN1C(=O)CC2(CCN(C(=O)OC3C(O)C(O)C(O)[C@@H](O)C3O)CC2)C1=O. The van der Waals surface area contributed by atoms with Crippen molar-refractivity contribution in [2.75, 3.05) is 19.6 Å². The van der Waals surface area contributed by atoms with Crippen LogP contribution in [0.2, 0.25) is 0 Å². The van der Waals surface area contributed by atoms with E-state index >= 15 is 0 Å². The smallest absolute Gasteiger partial charge is 0.410 e. The number of aliphatic hydroxyl groups excluding tert-OH is 5. The van der Waals surface area contributed by atoms with Gasteiger partial charge in [-0.15, -0.1) is 0 Å². The van der Waals surface area contributed by atoms with Gasteiger partial charge >= 0.3 is 6.09 Å². The summed E-state index contributed by atoms with van der Waals surface area (Å²) in [4.78, 5) is 39.4. The third kappa shape index (κ3) is 3.26. The summed E-state index contributed by atoms with van der Waals surface area (Å²) in [6, 6.07) is 0. The quantitative estimate of drug-likeness (QED) is 0.306. The van der Waals surface area contributed by atoms with E-state index in [4.69, 9.17) is 4.74 Å². The predicted molar refractivity (Wildman–Crippen MR) is 90.6 cm³/mol. The summed E-state index contributed by atoms with van der Waals surface area (Å²) in [5.41, 5.74) is -0.815. The third-order valence-corrected chi connectivity index (χ3v) is 6.09. The van der Waals surface area contributed by atoms with Crippen LogP contribution in [-0.4, -0.2) is 109 Å². The average Bonchev–Trinajstić information content (AvgIpc) is 2.91. The molecule has 2 saturated heterocycles. The van der Waals surface area contributed by atoms with E-state index in [1.54, 1.807) is 6.92 Å². The number of hydrogen-bond acceptors (Lipinski definition) is 9. The highest BCUT2D eigenvalue weighted by Gasteiger charge is 2.54. The van der Waals surface area contributed by atoms with Crippen LogP contribution < -0.4 is 0 Å². The Kier molecular flexibility index (Phi) is 5.65. The number of carbonyl (C=O) groups is 3. The van der Waals surface area contributed by atoms with Crippen LogP contribution in [0.5, 0.6) is 0 Å². The molecule has 28 heavy (non-hydrogen) atoms. The fraction of sp³-hybridized carbons (Fsp3) is 0.824. The Bertz CT molecular complexity index is 633. The van der Waals surface area contributed by atoms with Crippen LogP contribution in [-0.2, 0) is 14.3 Å². The Morgan fingerprint density at radius 3 is 1.96 bits per heavy atom. The number of nitrogens with zero attached hydrogens (tertiary/aromatic N) is 2. The normalized spacial score (nSPS) is 38.2. The van der Waals surface area contributed by atoms with Gasteiger partial charge in [0.05, 0.1) is 5.41 Å². The van der Waals surface area contributed by atoms with Gasteiger partial charge in [0.1, 0.15) is 30.5 Å². The Morgan fingerprint density at radius 2 is 1.50 bits per heavy atom. The van der Waals surface area contributed by atoms with Crippen molar-refractivity contribution in [3.05, 3.63) is 0 Å². The van der Waals surface area contributed by atoms with Crippen LogP contribution in [0.15, 0.2) is 0 Å². The molecule has 0 aromatic carbocycles. The van der Waals surface area contributed by atoms with Gasteiger partial charge in [-0.2, -0.15) is 0 Å². The second-order valence-corrected chi connectivity index (χ2v) is 7.69. The molecule has 2 heterocycles. The first-order valence-electron chi connectivity index (χ1n) is 9.33. The molecule has 3 amide bonds. The number of carbonyl (C=O) groups excluding carboxylic acids is 3. The molecule has 3 rings (SSSR count). The lowest BCUT2D eigenvalue weighted by Gasteiger charge is -2.42. The topological polar surface area (TPSA) is 168 Å². The van der Waals surface area contributed by atoms with Gasteiger partial charge in [0.15, 0.2) is 6.10 Å². The summed E-state index contributed by atoms with van der Waals surface area (Å²) < 4.78 is 5.08. The molecule has 0 aromatic rings. The minimum absolute atomic E-state index is 0.110. The Morgan fingerprint density at radius 1 is 1.00 bits per heavy atom. The average molecular weight is 402 g/mol. The number of rotatable bonds is 2. The van der Waals surface area contributed by atoms with Gasteiger partial charge in [-0.05, 0) is 19.8 Å². The number of amides is 3. The van der Waals surface area contributed by atoms with Crippen LogP contribution in [0.4, 0.5) is 4.79 Å². The lowest BCUT2D eigenvalue weighted by Crippen LogP contribution is -2.65. The van der Waals surface area contributed by atoms with Crippen LogP contribution in [0, 0.1) is 5.41 Å². The number of likely N-dealkylation sites (tertiary alicyclic amines) is 2. The molecule has 1 aliphatic carbocycles. The van der Waals surface area contributed by atoms with Gasteiger partial charge in [0.2, 0.25) is 11.8 Å². The van der Waals surface area contributed by atoms with Crippen LogP contribution in [0.25, 0.3) is 0 Å². The van der Waals surface area contributed by atoms with Gasteiger partial charge < -0.3 is 35.2 Å². The highest BCUT2D eigenvalue weighted by atomic mass is 16.6. The van der Waals surface area contributed by atoms with Crippen molar-refractivity contribution in [1.29, 1.82) is 0 Å². The number of imide groups is 1. The summed E-state index contributed by atoms with van der Waals surface area (Å²) in [6.45, 7) is 2.31. The maximum atomic E-state index is 12.5. The fourth-order valence-corrected chi connectivity index (χ4v) is 4.22.